The van der Waals surface area contributed by atoms with E-state index in [9.17, 15) is 9.59 Å². The van der Waals surface area contributed by atoms with Crippen LogP contribution in [0.3, 0.4) is 0 Å². The number of rotatable bonds is 6. The maximum Gasteiger partial charge on any atom is 0.345 e. The first kappa shape index (κ1) is 16.0. The molecule has 2 heterocycles. The van der Waals surface area contributed by atoms with Crippen LogP contribution in [-0.4, -0.2) is 22.1 Å². The molecule has 0 aliphatic carbocycles. The van der Waals surface area contributed by atoms with Gasteiger partial charge in [-0.2, -0.15) is 0 Å². The predicted molar refractivity (Wildman–Crippen MR) is 85.9 cm³/mol. The molecule has 0 saturated carbocycles. The number of fused-ring (bicyclic) bond motifs is 1. The lowest BCUT2D eigenvalue weighted by Crippen LogP contribution is -2.30. The molecule has 0 spiro atoms. The lowest BCUT2D eigenvalue weighted by atomic mass is 10.1. The quantitative estimate of drug-likeness (QED) is 0.653. The van der Waals surface area contributed by atoms with Crippen LogP contribution < -0.4 is 11.3 Å². The third kappa shape index (κ3) is 2.95. The van der Waals surface area contributed by atoms with Gasteiger partial charge in [-0.1, -0.05) is 19.8 Å². The van der Waals surface area contributed by atoms with Gasteiger partial charge in [-0.25, -0.2) is 9.78 Å². The Morgan fingerprint density at radius 2 is 2.14 bits per heavy atom. The van der Waals surface area contributed by atoms with Gasteiger partial charge in [-0.3, -0.25) is 9.36 Å². The molecule has 0 radical (unpaired) electrons. The Hall–Kier alpha value is -2.37. The zero-order chi connectivity index (χ0) is 16.1. The van der Waals surface area contributed by atoms with Crippen LogP contribution in [0.4, 0.5) is 5.69 Å². The molecule has 22 heavy (non-hydrogen) atoms. The van der Waals surface area contributed by atoms with Gasteiger partial charge < -0.3 is 10.5 Å². The Morgan fingerprint density at radius 1 is 1.36 bits per heavy atom. The molecule has 2 N–H and O–H groups in total. The predicted octanol–water partition coefficient (Wildman–Crippen LogP) is 2.35. The van der Waals surface area contributed by atoms with E-state index >= 15 is 0 Å². The highest BCUT2D eigenvalue weighted by Crippen LogP contribution is 2.21. The van der Waals surface area contributed by atoms with E-state index in [0.717, 1.165) is 19.3 Å². The number of anilines is 1. The summed E-state index contributed by atoms with van der Waals surface area (Å²) in [6.45, 7) is 4.48. The number of pyridine rings is 2. The second-order valence-corrected chi connectivity index (χ2v) is 5.05. The van der Waals surface area contributed by atoms with E-state index in [4.69, 9.17) is 10.5 Å². The number of carbonyl (C=O) groups excluding carboxylic acids is 1. The van der Waals surface area contributed by atoms with E-state index in [1.165, 1.54) is 4.57 Å². The van der Waals surface area contributed by atoms with Crippen LogP contribution in [0.25, 0.3) is 11.0 Å². The Bertz CT molecular complexity index is 737. The molecule has 0 atom stereocenters. The molecular weight excluding hydrogens is 282 g/mol. The Morgan fingerprint density at radius 3 is 2.82 bits per heavy atom. The summed E-state index contributed by atoms with van der Waals surface area (Å²) in [5.74, 6) is -0.681. The number of nitrogens with zero attached hydrogens (tertiary/aromatic N) is 2. The van der Waals surface area contributed by atoms with Crippen LogP contribution in [0, 0.1) is 0 Å². The Balaban J connectivity index is 2.65. The van der Waals surface area contributed by atoms with Gasteiger partial charge >= 0.3 is 5.97 Å². The molecule has 0 saturated heterocycles. The largest absolute Gasteiger partial charge is 0.462 e. The van der Waals surface area contributed by atoms with E-state index in [1.807, 2.05) is 0 Å². The first-order valence-electron chi connectivity index (χ1n) is 7.55. The van der Waals surface area contributed by atoms with Crippen molar-refractivity contribution in [3.8, 4) is 0 Å². The summed E-state index contributed by atoms with van der Waals surface area (Å²) in [5.41, 5.74) is 6.14. The van der Waals surface area contributed by atoms with E-state index in [-0.39, 0.29) is 17.9 Å². The van der Waals surface area contributed by atoms with Gasteiger partial charge in [0.05, 0.1) is 12.3 Å². The Kier molecular flexibility index (Phi) is 5.14. The molecule has 0 aliphatic rings. The zero-order valence-electron chi connectivity index (χ0n) is 13.0. The van der Waals surface area contributed by atoms with Gasteiger partial charge in [-0.05, 0) is 25.5 Å². The van der Waals surface area contributed by atoms with Crippen LogP contribution in [0.15, 0.2) is 23.1 Å². The fraction of sp³-hybridized carbons (Fsp3) is 0.438. The molecular formula is C16H21N3O3. The normalized spacial score (nSPS) is 10.8. The summed E-state index contributed by atoms with van der Waals surface area (Å²) in [5, 5.41) is 0.599. The third-order valence-corrected chi connectivity index (χ3v) is 3.53. The number of carbonyl (C=O) groups is 1. The number of aromatic nitrogens is 2. The van der Waals surface area contributed by atoms with Crippen molar-refractivity contribution in [3.63, 3.8) is 0 Å². The van der Waals surface area contributed by atoms with Crippen molar-refractivity contribution in [2.24, 2.45) is 0 Å². The fourth-order valence-electron chi connectivity index (χ4n) is 2.43. The minimum absolute atomic E-state index is 0.0983. The lowest BCUT2D eigenvalue weighted by Gasteiger charge is -2.14. The Labute approximate surface area is 128 Å². The summed E-state index contributed by atoms with van der Waals surface area (Å²) in [7, 11) is 0. The van der Waals surface area contributed by atoms with E-state index in [1.54, 1.807) is 25.3 Å². The van der Waals surface area contributed by atoms with E-state index in [0.29, 0.717) is 17.6 Å². The standard InChI is InChI=1S/C16H21N3O3/c1-3-5-6-10-19-14-11(8-7-9-18-14)13(17)12(15(19)20)16(21)22-4-2/h7-9H,3-6,10,17H2,1-2H3. The molecule has 2 aromatic heterocycles. The van der Waals surface area contributed by atoms with Crippen molar-refractivity contribution in [2.45, 2.75) is 39.7 Å². The zero-order valence-corrected chi connectivity index (χ0v) is 13.0. The molecule has 0 bridgehead atoms. The van der Waals surface area contributed by atoms with Gasteiger partial charge in [0.2, 0.25) is 0 Å². The van der Waals surface area contributed by atoms with Crippen molar-refractivity contribution in [3.05, 3.63) is 34.2 Å². The second-order valence-electron chi connectivity index (χ2n) is 5.05. The molecule has 0 aliphatic heterocycles. The molecule has 2 aromatic rings. The monoisotopic (exact) mass is 303 g/mol. The number of nitrogen functional groups attached to an aromatic ring is 1. The van der Waals surface area contributed by atoms with Crippen molar-refractivity contribution in [2.75, 3.05) is 12.3 Å². The van der Waals surface area contributed by atoms with Crippen molar-refractivity contribution < 1.29 is 9.53 Å². The molecule has 2 rings (SSSR count). The highest BCUT2D eigenvalue weighted by molar-refractivity contribution is 6.03. The number of aryl methyl sites for hydroxylation is 1. The maximum atomic E-state index is 12.7. The highest BCUT2D eigenvalue weighted by Gasteiger charge is 2.22. The average molecular weight is 303 g/mol. The van der Waals surface area contributed by atoms with Crippen LogP contribution in [0.5, 0.6) is 0 Å². The van der Waals surface area contributed by atoms with Gasteiger partial charge in [0.25, 0.3) is 5.56 Å². The van der Waals surface area contributed by atoms with Crippen molar-refractivity contribution in [1.82, 2.24) is 9.55 Å². The minimum atomic E-state index is -0.681. The minimum Gasteiger partial charge on any atom is -0.462 e. The smallest absolute Gasteiger partial charge is 0.345 e. The van der Waals surface area contributed by atoms with Crippen LogP contribution in [0.1, 0.15) is 43.5 Å². The molecule has 118 valence electrons. The molecule has 6 heteroatoms. The second kappa shape index (κ2) is 7.06. The topological polar surface area (TPSA) is 87.2 Å². The van der Waals surface area contributed by atoms with Gasteiger partial charge in [-0.15, -0.1) is 0 Å². The van der Waals surface area contributed by atoms with Crippen LogP contribution >= 0.6 is 0 Å². The van der Waals surface area contributed by atoms with Gasteiger partial charge in [0.1, 0.15) is 11.2 Å². The lowest BCUT2D eigenvalue weighted by molar-refractivity contribution is 0.0525. The number of unbranched alkanes of at least 4 members (excludes halogenated alkanes) is 2. The SMILES string of the molecule is CCCCCn1c(=O)c(C(=O)OCC)c(N)c2cccnc21. The summed E-state index contributed by atoms with van der Waals surface area (Å²) in [6.07, 6.45) is 4.50. The number of ether oxygens (including phenoxy) is 1. The summed E-state index contributed by atoms with van der Waals surface area (Å²) in [6, 6.07) is 3.49. The molecule has 0 amide bonds. The average Bonchev–Trinajstić information content (AvgIpc) is 2.51. The summed E-state index contributed by atoms with van der Waals surface area (Å²) in [4.78, 5) is 29.0. The number of hydrogen-bond donors (Lipinski definition) is 1. The van der Waals surface area contributed by atoms with Crippen LogP contribution in [-0.2, 0) is 11.3 Å². The van der Waals surface area contributed by atoms with Gasteiger partial charge in [0.15, 0.2) is 0 Å². The first-order chi connectivity index (χ1) is 10.6. The van der Waals surface area contributed by atoms with Crippen molar-refractivity contribution >= 4 is 22.7 Å². The maximum absolute atomic E-state index is 12.7. The molecule has 6 nitrogen and oxygen atoms in total. The van der Waals surface area contributed by atoms with Gasteiger partial charge in [0, 0.05) is 18.1 Å². The summed E-state index contributed by atoms with van der Waals surface area (Å²) >= 11 is 0. The first-order valence-corrected chi connectivity index (χ1v) is 7.55. The number of nitrogens with two attached hydrogens (primary N) is 1. The van der Waals surface area contributed by atoms with Crippen LogP contribution in [0.2, 0.25) is 0 Å². The summed E-state index contributed by atoms with van der Waals surface area (Å²) < 4.78 is 6.49. The number of esters is 1. The fourth-order valence-corrected chi connectivity index (χ4v) is 2.43. The molecule has 0 unspecified atom stereocenters. The third-order valence-electron chi connectivity index (χ3n) is 3.53. The van der Waals surface area contributed by atoms with E-state index in [2.05, 4.69) is 11.9 Å². The van der Waals surface area contributed by atoms with E-state index < -0.39 is 11.5 Å². The number of hydrogen-bond acceptors (Lipinski definition) is 5. The highest BCUT2D eigenvalue weighted by atomic mass is 16.5. The van der Waals surface area contributed by atoms with Crippen molar-refractivity contribution in [1.29, 1.82) is 0 Å². The molecule has 0 fully saturated rings. The molecule has 0 aromatic carbocycles.